The molecule has 4 rings (SSSR count). The molecule has 2 aromatic heterocycles. The van der Waals surface area contributed by atoms with E-state index in [9.17, 15) is 4.79 Å². The molecule has 0 spiro atoms. The molecule has 5 nitrogen and oxygen atoms in total. The van der Waals surface area contributed by atoms with Crippen LogP contribution in [0.2, 0.25) is 0 Å². The number of pyridine rings is 1. The number of carbonyl (C=O) groups excluding carboxylic acids is 1. The van der Waals surface area contributed by atoms with E-state index in [4.69, 9.17) is 4.74 Å². The first-order chi connectivity index (χ1) is 14.8. The lowest BCUT2D eigenvalue weighted by molar-refractivity contribution is -0.126. The highest BCUT2D eigenvalue weighted by Gasteiger charge is 2.25. The number of nitrogens with zero attached hydrogens (tertiary/aromatic N) is 2. The van der Waals surface area contributed by atoms with Crippen LogP contribution in [0.1, 0.15) is 23.3 Å². The number of thiophene rings is 1. The first kappa shape index (κ1) is 20.6. The number of ether oxygens (including phenoxy) is 1. The van der Waals surface area contributed by atoms with Crippen molar-refractivity contribution in [3.8, 4) is 11.5 Å². The average Bonchev–Trinajstić information content (AvgIpc) is 3.30. The van der Waals surface area contributed by atoms with Crippen LogP contribution in [0.3, 0.4) is 0 Å². The van der Waals surface area contributed by atoms with E-state index in [1.165, 1.54) is 4.88 Å². The molecule has 0 saturated carbocycles. The molecule has 6 heteroatoms. The Morgan fingerprint density at radius 1 is 1.13 bits per heavy atom. The van der Waals surface area contributed by atoms with Gasteiger partial charge in [0, 0.05) is 35.6 Å². The van der Waals surface area contributed by atoms with Crippen LogP contribution in [-0.4, -0.2) is 35.4 Å². The van der Waals surface area contributed by atoms with E-state index >= 15 is 0 Å². The van der Waals surface area contributed by atoms with Crippen molar-refractivity contribution in [2.45, 2.75) is 25.8 Å². The van der Waals surface area contributed by atoms with Crippen LogP contribution >= 0.6 is 11.3 Å². The van der Waals surface area contributed by atoms with E-state index < -0.39 is 0 Å². The van der Waals surface area contributed by atoms with Gasteiger partial charge in [-0.15, -0.1) is 11.3 Å². The number of nitrogens with one attached hydrogen (secondary N) is 1. The summed E-state index contributed by atoms with van der Waals surface area (Å²) in [6, 6.07) is 16.1. The highest BCUT2D eigenvalue weighted by molar-refractivity contribution is 7.09. The van der Waals surface area contributed by atoms with Gasteiger partial charge in [0.25, 0.3) is 0 Å². The number of hydrogen-bond donors (Lipinski definition) is 1. The Balaban J connectivity index is 1.25. The van der Waals surface area contributed by atoms with Gasteiger partial charge in [0.05, 0.1) is 6.20 Å². The lowest BCUT2D eigenvalue weighted by atomic mass is 9.95. The summed E-state index contributed by atoms with van der Waals surface area (Å²) in [5, 5.41) is 5.19. The van der Waals surface area contributed by atoms with Crippen LogP contribution in [0.5, 0.6) is 11.5 Å². The van der Waals surface area contributed by atoms with Gasteiger partial charge in [0.2, 0.25) is 5.91 Å². The normalized spacial score (nSPS) is 15.1. The minimum Gasteiger partial charge on any atom is -0.455 e. The molecular weight excluding hydrogens is 394 g/mol. The number of benzene rings is 1. The van der Waals surface area contributed by atoms with Crippen molar-refractivity contribution in [2.75, 3.05) is 19.6 Å². The van der Waals surface area contributed by atoms with E-state index in [-0.39, 0.29) is 11.8 Å². The van der Waals surface area contributed by atoms with E-state index in [0.29, 0.717) is 0 Å². The summed E-state index contributed by atoms with van der Waals surface area (Å²) in [5.41, 5.74) is 1.15. The molecule has 156 valence electrons. The summed E-state index contributed by atoms with van der Waals surface area (Å²) in [6.07, 6.45) is 6.17. The lowest BCUT2D eigenvalue weighted by Gasteiger charge is -2.31. The molecule has 1 aliphatic rings. The van der Waals surface area contributed by atoms with Gasteiger partial charge in [-0.25, -0.2) is 0 Å². The summed E-state index contributed by atoms with van der Waals surface area (Å²) < 4.78 is 6.03. The van der Waals surface area contributed by atoms with Crippen molar-refractivity contribution >= 4 is 17.2 Å². The molecule has 1 saturated heterocycles. The third-order valence-corrected chi connectivity index (χ3v) is 6.37. The van der Waals surface area contributed by atoms with Gasteiger partial charge >= 0.3 is 0 Å². The monoisotopic (exact) mass is 421 g/mol. The van der Waals surface area contributed by atoms with Crippen molar-refractivity contribution in [1.29, 1.82) is 0 Å². The van der Waals surface area contributed by atoms with Crippen molar-refractivity contribution in [1.82, 2.24) is 15.2 Å². The van der Waals surface area contributed by atoms with Crippen LogP contribution in [0.25, 0.3) is 0 Å². The minimum atomic E-state index is 0.117. The topological polar surface area (TPSA) is 54.5 Å². The van der Waals surface area contributed by atoms with Gasteiger partial charge in [-0.1, -0.05) is 24.3 Å². The van der Waals surface area contributed by atoms with Gasteiger partial charge in [0.1, 0.15) is 11.5 Å². The molecule has 0 radical (unpaired) electrons. The Kier molecular flexibility index (Phi) is 7.11. The fraction of sp³-hybridized carbons (Fsp3) is 0.333. The lowest BCUT2D eigenvalue weighted by Crippen LogP contribution is -2.40. The fourth-order valence-corrected chi connectivity index (χ4v) is 4.48. The predicted octanol–water partition coefficient (Wildman–Crippen LogP) is 4.51. The van der Waals surface area contributed by atoms with Crippen molar-refractivity contribution in [2.24, 2.45) is 5.92 Å². The maximum Gasteiger partial charge on any atom is 0.223 e. The number of likely N-dealkylation sites (tertiary alicyclic amines) is 1. The van der Waals surface area contributed by atoms with Crippen LogP contribution in [0, 0.1) is 5.92 Å². The SMILES string of the molecule is O=C(NCCc1cccs1)C1CCN(Cc2ccccc2Oc2cccnc2)CC1. The molecule has 1 amide bonds. The highest BCUT2D eigenvalue weighted by Crippen LogP contribution is 2.27. The van der Waals surface area contributed by atoms with E-state index in [1.807, 2.05) is 30.3 Å². The summed E-state index contributed by atoms with van der Waals surface area (Å²) in [7, 11) is 0. The first-order valence-electron chi connectivity index (χ1n) is 10.5. The van der Waals surface area contributed by atoms with Crippen LogP contribution < -0.4 is 10.1 Å². The molecule has 0 bridgehead atoms. The molecular formula is C24H27N3O2S. The number of carbonyl (C=O) groups is 1. The molecule has 1 aromatic carbocycles. The quantitative estimate of drug-likeness (QED) is 0.582. The zero-order chi connectivity index (χ0) is 20.6. The molecule has 0 atom stereocenters. The molecule has 0 aliphatic carbocycles. The van der Waals surface area contributed by atoms with Crippen LogP contribution in [-0.2, 0) is 17.8 Å². The summed E-state index contributed by atoms with van der Waals surface area (Å²) in [4.78, 5) is 20.3. The van der Waals surface area contributed by atoms with Crippen molar-refractivity contribution < 1.29 is 9.53 Å². The molecule has 1 N–H and O–H groups in total. The third kappa shape index (κ3) is 5.68. The largest absolute Gasteiger partial charge is 0.455 e. The highest BCUT2D eigenvalue weighted by atomic mass is 32.1. The molecule has 3 heterocycles. The van der Waals surface area contributed by atoms with Gasteiger partial charge in [-0.3, -0.25) is 14.7 Å². The Morgan fingerprint density at radius 2 is 2.00 bits per heavy atom. The number of amides is 1. The van der Waals surface area contributed by atoms with Crippen LogP contribution in [0.4, 0.5) is 0 Å². The molecule has 0 unspecified atom stereocenters. The zero-order valence-electron chi connectivity index (χ0n) is 17.0. The summed E-state index contributed by atoms with van der Waals surface area (Å²) in [5.74, 6) is 1.92. The maximum absolute atomic E-state index is 12.5. The van der Waals surface area contributed by atoms with Gasteiger partial charge < -0.3 is 10.1 Å². The molecule has 3 aromatic rings. The standard InChI is InChI=1S/C24H27N3O2S/c28-24(26-13-9-22-7-4-16-30-22)19-10-14-27(15-11-19)18-20-5-1-2-8-23(20)29-21-6-3-12-25-17-21/h1-8,12,16-17,19H,9-11,13-15,18H2,(H,26,28). The van der Waals surface area contributed by atoms with Crippen LogP contribution in [0.15, 0.2) is 66.3 Å². The smallest absolute Gasteiger partial charge is 0.223 e. The third-order valence-electron chi connectivity index (χ3n) is 5.44. The number of piperidine rings is 1. The molecule has 1 aliphatic heterocycles. The van der Waals surface area contributed by atoms with Gasteiger partial charge in [-0.2, -0.15) is 0 Å². The van der Waals surface area contributed by atoms with Gasteiger partial charge in [-0.05, 0) is 62.0 Å². The Labute approximate surface area is 181 Å². The predicted molar refractivity (Wildman–Crippen MR) is 120 cm³/mol. The zero-order valence-corrected chi connectivity index (χ0v) is 17.8. The Hall–Kier alpha value is -2.70. The number of hydrogen-bond acceptors (Lipinski definition) is 5. The minimum absolute atomic E-state index is 0.117. The Morgan fingerprint density at radius 3 is 2.77 bits per heavy atom. The number of rotatable bonds is 8. The summed E-state index contributed by atoms with van der Waals surface area (Å²) in [6.45, 7) is 3.39. The fourth-order valence-electron chi connectivity index (χ4n) is 3.77. The van der Waals surface area contributed by atoms with Crippen molar-refractivity contribution in [3.05, 3.63) is 76.7 Å². The first-order valence-corrected chi connectivity index (χ1v) is 11.3. The second-order valence-electron chi connectivity index (χ2n) is 7.57. The molecule has 1 fully saturated rings. The second kappa shape index (κ2) is 10.4. The van der Waals surface area contributed by atoms with Gasteiger partial charge in [0.15, 0.2) is 0 Å². The number of aromatic nitrogens is 1. The Bertz CT molecular complexity index is 923. The van der Waals surface area contributed by atoms with E-state index in [1.54, 1.807) is 23.7 Å². The van der Waals surface area contributed by atoms with E-state index in [0.717, 1.165) is 62.5 Å². The average molecular weight is 422 g/mol. The van der Waals surface area contributed by atoms with E-state index in [2.05, 4.69) is 38.8 Å². The molecule has 30 heavy (non-hydrogen) atoms. The van der Waals surface area contributed by atoms with Crippen molar-refractivity contribution in [3.63, 3.8) is 0 Å². The second-order valence-corrected chi connectivity index (χ2v) is 8.60. The summed E-state index contributed by atoms with van der Waals surface area (Å²) >= 11 is 1.74. The maximum atomic E-state index is 12.5. The number of para-hydroxylation sites is 1.